The summed E-state index contributed by atoms with van der Waals surface area (Å²) in [7, 11) is -4.57. The van der Waals surface area contributed by atoms with Gasteiger partial charge in [0.1, 0.15) is 12.3 Å². The van der Waals surface area contributed by atoms with Crippen LogP contribution in [0.5, 0.6) is 0 Å². The quantitative estimate of drug-likeness (QED) is 0.591. The summed E-state index contributed by atoms with van der Waals surface area (Å²) in [4.78, 5) is 4.86. The topological polar surface area (TPSA) is 59.0 Å². The van der Waals surface area contributed by atoms with Crippen molar-refractivity contribution >= 4 is 15.7 Å². The first-order valence-corrected chi connectivity index (χ1v) is 7.82. The van der Waals surface area contributed by atoms with Gasteiger partial charge in [0, 0.05) is 12.6 Å². The van der Waals surface area contributed by atoms with Crippen molar-refractivity contribution < 1.29 is 26.4 Å². The molecule has 0 bridgehead atoms. The normalized spacial score (nSPS) is 13.5. The van der Waals surface area contributed by atoms with Gasteiger partial charge in [-0.3, -0.25) is 0 Å². The van der Waals surface area contributed by atoms with E-state index in [0.717, 1.165) is 12.6 Å². The standard InChI is InChI=1S/C13H17F3N2O3S/c1-4-21-17-12(11-7-5-10(2)6-8-11)9-18(3)22(19,20)13(14,15)16/h5-8H,4,9H2,1-3H3. The zero-order valence-electron chi connectivity index (χ0n) is 12.4. The number of oxime groups is 1. The minimum Gasteiger partial charge on any atom is -0.396 e. The van der Waals surface area contributed by atoms with E-state index in [1.165, 1.54) is 0 Å². The Morgan fingerprint density at radius 2 is 1.82 bits per heavy atom. The Morgan fingerprint density at radius 3 is 2.27 bits per heavy atom. The molecule has 1 aromatic carbocycles. The third-order valence-corrected chi connectivity index (χ3v) is 4.30. The van der Waals surface area contributed by atoms with E-state index >= 15 is 0 Å². The monoisotopic (exact) mass is 338 g/mol. The number of hydrogen-bond donors (Lipinski definition) is 0. The number of sulfonamides is 1. The molecule has 0 N–H and O–H groups in total. The zero-order valence-corrected chi connectivity index (χ0v) is 13.2. The van der Waals surface area contributed by atoms with Gasteiger partial charge in [-0.15, -0.1) is 0 Å². The van der Waals surface area contributed by atoms with Crippen LogP contribution >= 0.6 is 0 Å². The van der Waals surface area contributed by atoms with Gasteiger partial charge in [-0.05, 0) is 13.8 Å². The van der Waals surface area contributed by atoms with Crippen molar-refractivity contribution in [2.75, 3.05) is 20.2 Å². The van der Waals surface area contributed by atoms with E-state index in [1.807, 2.05) is 6.92 Å². The van der Waals surface area contributed by atoms with E-state index in [9.17, 15) is 21.6 Å². The van der Waals surface area contributed by atoms with Crippen LogP contribution in [0.4, 0.5) is 13.2 Å². The maximum atomic E-state index is 12.5. The van der Waals surface area contributed by atoms with Gasteiger partial charge in [-0.1, -0.05) is 35.0 Å². The Kier molecular flexibility index (Phi) is 5.95. The zero-order chi connectivity index (χ0) is 17.0. The smallest absolute Gasteiger partial charge is 0.396 e. The Labute approximate surface area is 127 Å². The molecule has 9 heteroatoms. The average Bonchev–Trinajstić information content (AvgIpc) is 2.42. The Hall–Kier alpha value is -1.61. The van der Waals surface area contributed by atoms with E-state index in [-0.39, 0.29) is 16.6 Å². The molecule has 0 fully saturated rings. The molecule has 0 heterocycles. The molecule has 5 nitrogen and oxygen atoms in total. The van der Waals surface area contributed by atoms with Crippen LogP contribution in [-0.4, -0.2) is 44.1 Å². The second kappa shape index (κ2) is 7.10. The number of aryl methyl sites for hydroxylation is 1. The number of nitrogens with zero attached hydrogens (tertiary/aromatic N) is 2. The van der Waals surface area contributed by atoms with Crippen LogP contribution < -0.4 is 0 Å². The number of hydrogen-bond acceptors (Lipinski definition) is 4. The van der Waals surface area contributed by atoms with E-state index in [0.29, 0.717) is 5.56 Å². The lowest BCUT2D eigenvalue weighted by Crippen LogP contribution is -2.41. The van der Waals surface area contributed by atoms with Gasteiger partial charge in [0.2, 0.25) is 0 Å². The third kappa shape index (κ3) is 4.44. The first-order chi connectivity index (χ1) is 10.1. The molecular formula is C13H17F3N2O3S. The molecule has 0 atom stereocenters. The summed E-state index contributed by atoms with van der Waals surface area (Å²) in [6.45, 7) is 3.17. The highest BCUT2D eigenvalue weighted by Crippen LogP contribution is 2.26. The van der Waals surface area contributed by atoms with Gasteiger partial charge >= 0.3 is 15.5 Å². The number of rotatable bonds is 6. The van der Waals surface area contributed by atoms with Crippen LogP contribution in [0, 0.1) is 6.92 Å². The van der Waals surface area contributed by atoms with E-state index in [1.54, 1.807) is 31.2 Å². The number of likely N-dealkylation sites (N-methyl/N-ethyl adjacent to an activating group) is 1. The van der Waals surface area contributed by atoms with Gasteiger partial charge in [0.05, 0.1) is 6.54 Å². The Bertz CT molecular complexity index is 625. The van der Waals surface area contributed by atoms with Crippen molar-refractivity contribution in [3.63, 3.8) is 0 Å². The summed E-state index contributed by atoms with van der Waals surface area (Å²) >= 11 is 0. The molecule has 124 valence electrons. The van der Waals surface area contributed by atoms with Crippen molar-refractivity contribution in [3.05, 3.63) is 35.4 Å². The summed E-state index contributed by atoms with van der Waals surface area (Å²) < 4.78 is 60.5. The maximum Gasteiger partial charge on any atom is 0.511 e. The highest BCUT2D eigenvalue weighted by atomic mass is 32.2. The van der Waals surface area contributed by atoms with E-state index in [4.69, 9.17) is 4.84 Å². The van der Waals surface area contributed by atoms with Gasteiger partial charge < -0.3 is 4.84 Å². The summed E-state index contributed by atoms with van der Waals surface area (Å²) in [5, 5.41) is 3.72. The number of halogens is 3. The SMILES string of the molecule is CCON=C(CN(C)S(=O)(=O)C(F)(F)F)c1ccc(C)cc1. The van der Waals surface area contributed by atoms with Gasteiger partial charge in [-0.2, -0.15) is 17.5 Å². The second-order valence-electron chi connectivity index (χ2n) is 4.53. The van der Waals surface area contributed by atoms with Crippen LogP contribution in [0.2, 0.25) is 0 Å². The first kappa shape index (κ1) is 18.4. The molecule has 0 aromatic heterocycles. The largest absolute Gasteiger partial charge is 0.511 e. The summed E-state index contributed by atoms with van der Waals surface area (Å²) in [6.07, 6.45) is 0. The number of benzene rings is 1. The molecule has 0 radical (unpaired) electrons. The fraction of sp³-hybridized carbons (Fsp3) is 0.462. The molecule has 1 aromatic rings. The fourth-order valence-corrected chi connectivity index (χ4v) is 2.18. The Balaban J connectivity index is 3.08. The minimum absolute atomic E-state index is 0.0946. The van der Waals surface area contributed by atoms with Crippen LogP contribution in [0.1, 0.15) is 18.1 Å². The van der Waals surface area contributed by atoms with Crippen molar-refractivity contribution in [1.29, 1.82) is 0 Å². The van der Waals surface area contributed by atoms with Gasteiger partial charge in [-0.25, -0.2) is 8.42 Å². The molecule has 0 spiro atoms. The second-order valence-corrected chi connectivity index (χ2v) is 6.56. The fourth-order valence-electron chi connectivity index (χ4n) is 1.53. The average molecular weight is 338 g/mol. The van der Waals surface area contributed by atoms with E-state index in [2.05, 4.69) is 5.16 Å². The van der Waals surface area contributed by atoms with Crippen molar-refractivity contribution in [3.8, 4) is 0 Å². The van der Waals surface area contributed by atoms with Gasteiger partial charge in [0.15, 0.2) is 0 Å². The summed E-state index contributed by atoms with van der Waals surface area (Å²) in [5.41, 5.74) is -3.82. The maximum absolute atomic E-state index is 12.5. The highest BCUT2D eigenvalue weighted by Gasteiger charge is 2.48. The van der Waals surface area contributed by atoms with Crippen LogP contribution in [0.25, 0.3) is 0 Å². The minimum atomic E-state index is -5.42. The van der Waals surface area contributed by atoms with Crippen molar-refractivity contribution in [1.82, 2.24) is 4.31 Å². The van der Waals surface area contributed by atoms with Crippen molar-refractivity contribution in [2.45, 2.75) is 19.4 Å². The molecule has 0 aliphatic heterocycles. The van der Waals surface area contributed by atoms with Crippen LogP contribution in [-0.2, 0) is 14.9 Å². The molecule has 22 heavy (non-hydrogen) atoms. The van der Waals surface area contributed by atoms with Crippen molar-refractivity contribution in [2.24, 2.45) is 5.16 Å². The van der Waals surface area contributed by atoms with E-state index < -0.39 is 22.1 Å². The Morgan fingerprint density at radius 1 is 1.27 bits per heavy atom. The highest BCUT2D eigenvalue weighted by molar-refractivity contribution is 7.90. The third-order valence-electron chi connectivity index (χ3n) is 2.76. The lowest BCUT2D eigenvalue weighted by atomic mass is 10.1. The first-order valence-electron chi connectivity index (χ1n) is 6.38. The molecule has 0 aliphatic rings. The molecule has 0 unspecified atom stereocenters. The molecule has 0 amide bonds. The predicted octanol–water partition coefficient (Wildman–Crippen LogP) is 2.52. The summed E-state index contributed by atoms with van der Waals surface area (Å²) in [6, 6.07) is 6.77. The summed E-state index contributed by atoms with van der Waals surface area (Å²) in [5.74, 6) is 0. The van der Waals surface area contributed by atoms with Gasteiger partial charge in [0.25, 0.3) is 0 Å². The van der Waals surface area contributed by atoms with Crippen LogP contribution in [0.15, 0.2) is 29.4 Å². The predicted molar refractivity (Wildman–Crippen MR) is 76.9 cm³/mol. The molecule has 0 aliphatic carbocycles. The van der Waals surface area contributed by atoms with Crippen LogP contribution in [0.3, 0.4) is 0 Å². The molecule has 0 saturated heterocycles. The molecule has 0 saturated carbocycles. The lowest BCUT2D eigenvalue weighted by Gasteiger charge is -2.19. The molecule has 1 rings (SSSR count). The molecular weight excluding hydrogens is 321 g/mol. The number of alkyl halides is 3. The lowest BCUT2D eigenvalue weighted by molar-refractivity contribution is -0.0479.